The fraction of sp³-hybridized carbons (Fsp3) is 0.882. The monoisotopic (exact) mass is 316 g/mol. The molecule has 0 rings (SSSR count). The summed E-state index contributed by atoms with van der Waals surface area (Å²) < 4.78 is 15.7. The van der Waals surface area contributed by atoms with E-state index in [1.54, 1.807) is 13.8 Å². The van der Waals surface area contributed by atoms with Crippen LogP contribution < -0.4 is 0 Å². The molecule has 0 amide bonds. The topological polar surface area (TPSA) is 61.8 Å². The van der Waals surface area contributed by atoms with Gasteiger partial charge in [-0.2, -0.15) is 0 Å². The van der Waals surface area contributed by atoms with E-state index in [9.17, 15) is 9.59 Å². The van der Waals surface area contributed by atoms with Crippen molar-refractivity contribution in [3.8, 4) is 0 Å². The van der Waals surface area contributed by atoms with Gasteiger partial charge in [0, 0.05) is 0 Å². The lowest BCUT2D eigenvalue weighted by Gasteiger charge is -2.37. The third-order valence-corrected chi connectivity index (χ3v) is 3.95. The fourth-order valence-electron chi connectivity index (χ4n) is 2.77. The number of hydrogen-bond donors (Lipinski definition) is 0. The van der Waals surface area contributed by atoms with Gasteiger partial charge in [-0.05, 0) is 33.1 Å². The van der Waals surface area contributed by atoms with Crippen LogP contribution in [0.2, 0.25) is 0 Å². The van der Waals surface area contributed by atoms with Gasteiger partial charge >= 0.3 is 12.1 Å². The molecule has 0 aliphatic carbocycles. The maximum Gasteiger partial charge on any atom is 0.508 e. The molecule has 0 radical (unpaired) electrons. The Kier molecular flexibility index (Phi) is 10.7. The predicted molar refractivity (Wildman–Crippen MR) is 85.7 cm³/mol. The van der Waals surface area contributed by atoms with Crippen molar-refractivity contribution in [2.75, 3.05) is 13.2 Å². The first-order valence-corrected chi connectivity index (χ1v) is 8.52. The second-order valence-electron chi connectivity index (χ2n) is 5.41. The zero-order valence-electron chi connectivity index (χ0n) is 14.8. The molecule has 5 nitrogen and oxygen atoms in total. The Bertz CT molecular complexity index is 329. The summed E-state index contributed by atoms with van der Waals surface area (Å²) in [7, 11) is 0. The molecular formula is C17H32O5. The van der Waals surface area contributed by atoms with E-state index < -0.39 is 17.7 Å². The zero-order valence-corrected chi connectivity index (χ0v) is 14.8. The lowest BCUT2D eigenvalue weighted by molar-refractivity contribution is -0.166. The van der Waals surface area contributed by atoms with Crippen LogP contribution in [-0.2, 0) is 19.0 Å². The number of ether oxygens (including phenoxy) is 3. The van der Waals surface area contributed by atoms with E-state index in [-0.39, 0.29) is 12.6 Å². The number of carbonyl (C=O) groups is 2. The van der Waals surface area contributed by atoms with Crippen LogP contribution in [0.1, 0.15) is 73.1 Å². The average Bonchev–Trinajstić information content (AvgIpc) is 2.49. The van der Waals surface area contributed by atoms with Crippen molar-refractivity contribution < 1.29 is 23.8 Å². The molecule has 0 heterocycles. The maximum atomic E-state index is 12.6. The van der Waals surface area contributed by atoms with Crippen molar-refractivity contribution in [3.05, 3.63) is 0 Å². The minimum absolute atomic E-state index is 0.256. The van der Waals surface area contributed by atoms with E-state index in [4.69, 9.17) is 14.2 Å². The van der Waals surface area contributed by atoms with Crippen LogP contribution in [0, 0.1) is 5.41 Å². The second kappa shape index (κ2) is 11.3. The van der Waals surface area contributed by atoms with Crippen molar-refractivity contribution in [1.82, 2.24) is 0 Å². The van der Waals surface area contributed by atoms with Crippen LogP contribution in [0.25, 0.3) is 0 Å². The fourth-order valence-corrected chi connectivity index (χ4v) is 2.77. The first-order valence-electron chi connectivity index (χ1n) is 8.52. The van der Waals surface area contributed by atoms with Gasteiger partial charge in [0.05, 0.1) is 13.2 Å². The normalized spacial score (nSPS) is 14.8. The van der Waals surface area contributed by atoms with Crippen LogP contribution >= 0.6 is 0 Å². The average molecular weight is 316 g/mol. The second-order valence-corrected chi connectivity index (χ2v) is 5.41. The van der Waals surface area contributed by atoms with Crippen LogP contribution in [-0.4, -0.2) is 31.4 Å². The third kappa shape index (κ3) is 5.85. The number of carbonyl (C=O) groups excluding carboxylic acids is 2. The molecular weight excluding hydrogens is 284 g/mol. The van der Waals surface area contributed by atoms with E-state index in [0.29, 0.717) is 25.9 Å². The summed E-state index contributed by atoms with van der Waals surface area (Å²) in [6, 6.07) is 0. The summed E-state index contributed by atoms with van der Waals surface area (Å²) in [6.07, 6.45) is 3.32. The Balaban J connectivity index is 5.39. The highest BCUT2D eigenvalue weighted by atomic mass is 16.7. The van der Waals surface area contributed by atoms with Crippen LogP contribution in [0.3, 0.4) is 0 Å². The van der Waals surface area contributed by atoms with Gasteiger partial charge in [0.25, 0.3) is 0 Å². The van der Waals surface area contributed by atoms with Crippen molar-refractivity contribution >= 4 is 12.1 Å². The van der Waals surface area contributed by atoms with Crippen molar-refractivity contribution in [3.63, 3.8) is 0 Å². The van der Waals surface area contributed by atoms with Crippen molar-refractivity contribution in [1.29, 1.82) is 0 Å². The number of hydrogen-bond acceptors (Lipinski definition) is 5. The van der Waals surface area contributed by atoms with E-state index in [1.807, 2.05) is 13.8 Å². The first-order chi connectivity index (χ1) is 10.5. The van der Waals surface area contributed by atoms with Crippen molar-refractivity contribution in [2.45, 2.75) is 79.2 Å². The highest BCUT2D eigenvalue weighted by Gasteiger charge is 2.47. The molecule has 0 saturated carbocycles. The molecule has 2 atom stereocenters. The summed E-state index contributed by atoms with van der Waals surface area (Å²) in [6.45, 7) is 10.1. The minimum atomic E-state index is -0.785. The molecule has 0 spiro atoms. The molecule has 5 heteroatoms. The van der Waals surface area contributed by atoms with Gasteiger partial charge in [0.2, 0.25) is 0 Å². The standard InChI is InChI=1S/C17H32O5/c1-6-11-12-14(22-16(19)21-10-5)17(8-3,13-7-2)15(18)20-9-4/h14H,6-13H2,1-5H3. The Labute approximate surface area is 134 Å². The smallest absolute Gasteiger partial charge is 0.465 e. The molecule has 130 valence electrons. The molecule has 0 aromatic carbocycles. The van der Waals surface area contributed by atoms with Gasteiger partial charge in [-0.25, -0.2) is 4.79 Å². The van der Waals surface area contributed by atoms with Gasteiger partial charge in [-0.15, -0.1) is 0 Å². The minimum Gasteiger partial charge on any atom is -0.465 e. The lowest BCUT2D eigenvalue weighted by atomic mass is 9.74. The molecule has 0 fully saturated rings. The summed E-state index contributed by atoms with van der Waals surface area (Å²) in [4.78, 5) is 24.3. The van der Waals surface area contributed by atoms with E-state index in [2.05, 4.69) is 6.92 Å². The highest BCUT2D eigenvalue weighted by Crippen LogP contribution is 2.38. The van der Waals surface area contributed by atoms with E-state index >= 15 is 0 Å². The number of rotatable bonds is 11. The molecule has 22 heavy (non-hydrogen) atoms. The third-order valence-electron chi connectivity index (χ3n) is 3.95. The quantitative estimate of drug-likeness (QED) is 0.526. The van der Waals surface area contributed by atoms with Crippen LogP contribution in [0.15, 0.2) is 0 Å². The summed E-state index contributed by atoms with van der Waals surface area (Å²) in [5.74, 6) is -0.273. The van der Waals surface area contributed by atoms with Gasteiger partial charge < -0.3 is 14.2 Å². The van der Waals surface area contributed by atoms with Gasteiger partial charge in [-0.3, -0.25) is 4.79 Å². The summed E-state index contributed by atoms with van der Waals surface area (Å²) in [5, 5.41) is 0. The maximum absolute atomic E-state index is 12.6. The molecule has 0 aliphatic heterocycles. The predicted octanol–water partition coefficient (Wildman–Crippen LogP) is 4.48. The SMILES string of the molecule is CCCCC(OC(=O)OCC)C(CC)(CCC)C(=O)OCC. The van der Waals surface area contributed by atoms with Gasteiger partial charge in [-0.1, -0.05) is 40.0 Å². The van der Waals surface area contributed by atoms with Gasteiger partial charge in [0.1, 0.15) is 11.5 Å². The Hall–Kier alpha value is -1.26. The molecule has 2 unspecified atom stereocenters. The van der Waals surface area contributed by atoms with Crippen molar-refractivity contribution in [2.24, 2.45) is 5.41 Å². The van der Waals surface area contributed by atoms with E-state index in [0.717, 1.165) is 19.3 Å². The van der Waals surface area contributed by atoms with E-state index in [1.165, 1.54) is 0 Å². The molecule has 0 aromatic rings. The summed E-state index contributed by atoms with van der Waals surface area (Å²) in [5.41, 5.74) is -0.785. The molecule has 0 aliphatic rings. The Morgan fingerprint density at radius 2 is 1.59 bits per heavy atom. The van der Waals surface area contributed by atoms with Gasteiger partial charge in [0.15, 0.2) is 0 Å². The Morgan fingerprint density at radius 1 is 0.955 bits per heavy atom. The highest BCUT2D eigenvalue weighted by molar-refractivity contribution is 5.78. The Morgan fingerprint density at radius 3 is 2.05 bits per heavy atom. The largest absolute Gasteiger partial charge is 0.508 e. The lowest BCUT2D eigenvalue weighted by Crippen LogP contribution is -2.45. The molecule has 0 aromatic heterocycles. The first kappa shape index (κ1) is 20.7. The molecule has 0 N–H and O–H groups in total. The molecule has 0 bridgehead atoms. The zero-order chi connectivity index (χ0) is 17.0. The summed E-state index contributed by atoms with van der Waals surface area (Å²) >= 11 is 0. The number of esters is 1. The number of unbranched alkanes of at least 4 members (excludes halogenated alkanes) is 1. The molecule has 0 saturated heterocycles. The van der Waals surface area contributed by atoms with Crippen LogP contribution in [0.4, 0.5) is 4.79 Å². The van der Waals surface area contributed by atoms with Crippen LogP contribution in [0.5, 0.6) is 0 Å².